The van der Waals surface area contributed by atoms with Crippen LogP contribution in [0.1, 0.15) is 26.7 Å². The first-order chi connectivity index (χ1) is 3.68. The molecule has 0 saturated heterocycles. The van der Waals surface area contributed by atoms with Crippen LogP contribution >= 0.6 is 0 Å². The summed E-state index contributed by atoms with van der Waals surface area (Å²) in [6, 6.07) is 0. The molecule has 0 rings (SSSR count). The van der Waals surface area contributed by atoms with Crippen molar-refractivity contribution in [3.8, 4) is 0 Å². The Balaban J connectivity index is 3.62. The second kappa shape index (κ2) is 3.36. The third kappa shape index (κ3) is 2.50. The highest BCUT2D eigenvalue weighted by Gasteiger charge is 1.79. The van der Waals surface area contributed by atoms with Gasteiger partial charge in [0.25, 0.3) is 0 Å². The van der Waals surface area contributed by atoms with E-state index in [1.165, 1.54) is 0 Å². The van der Waals surface area contributed by atoms with Crippen molar-refractivity contribution >= 4 is 0 Å². The largest absolute Gasteiger partial charge is 0.884 e. The lowest BCUT2D eigenvalue weighted by Crippen LogP contribution is -2.19. The van der Waals surface area contributed by atoms with Gasteiger partial charge in [-0.15, -0.1) is 0 Å². The molecule has 2 heteroatoms. The Kier molecular flexibility index (Phi) is 3.08. The van der Waals surface area contributed by atoms with Crippen LogP contribution in [-0.2, 0) is 0 Å². The van der Waals surface area contributed by atoms with E-state index < -0.39 is 5.95 Å². The average molecular weight is 114 g/mol. The summed E-state index contributed by atoms with van der Waals surface area (Å²) in [4.78, 5) is 0. The van der Waals surface area contributed by atoms with Crippen LogP contribution in [0.3, 0.4) is 0 Å². The first-order valence-electron chi connectivity index (χ1n) is 2.72. The Morgan fingerprint density at radius 2 is 1.88 bits per heavy atom. The quantitative estimate of drug-likeness (QED) is 0.464. The van der Waals surface area contributed by atoms with Crippen molar-refractivity contribution in [1.29, 1.82) is 0 Å². The lowest BCUT2D eigenvalue weighted by Gasteiger charge is -2.21. The molecule has 0 aliphatic heterocycles. The molecule has 0 aliphatic rings. The fraction of sp³-hybridized carbons (Fsp3) is 0.667. The summed E-state index contributed by atoms with van der Waals surface area (Å²) in [6.07, 6.45) is 1.52. The molecule has 0 fully saturated rings. The van der Waals surface area contributed by atoms with Gasteiger partial charge in [-0.25, -0.2) is 5.95 Å². The molecule has 0 aromatic heterocycles. The molecule has 0 N–H and O–H groups in total. The number of hydrogen-bond donors (Lipinski definition) is 0. The van der Waals surface area contributed by atoms with Crippen molar-refractivity contribution in [2.45, 2.75) is 26.7 Å². The summed E-state index contributed by atoms with van der Waals surface area (Å²) in [5, 5.41) is 19.9. The number of hydrogen-bond acceptors (Lipinski definition) is 2. The third-order valence-corrected chi connectivity index (χ3v) is 0.973. The van der Waals surface area contributed by atoms with Crippen molar-refractivity contribution in [2.75, 3.05) is 0 Å². The van der Waals surface area contributed by atoms with E-state index in [9.17, 15) is 10.2 Å². The van der Waals surface area contributed by atoms with Crippen LogP contribution in [0.2, 0.25) is 0 Å². The summed E-state index contributed by atoms with van der Waals surface area (Å²) >= 11 is 0. The predicted molar refractivity (Wildman–Crippen MR) is 27.6 cm³/mol. The molecular weight excluding hydrogens is 104 g/mol. The van der Waals surface area contributed by atoms with Crippen LogP contribution in [0.15, 0.2) is 11.5 Å². The van der Waals surface area contributed by atoms with E-state index in [2.05, 4.69) is 0 Å². The third-order valence-electron chi connectivity index (χ3n) is 0.973. The van der Waals surface area contributed by atoms with E-state index in [1.807, 2.05) is 6.92 Å². The average Bonchev–Trinajstić information content (AvgIpc) is 1.67. The molecule has 0 saturated carbocycles. The smallest absolute Gasteiger partial charge is 0.0340 e. The Morgan fingerprint density at radius 3 is 2.00 bits per heavy atom. The molecule has 0 spiro atoms. The fourth-order valence-electron chi connectivity index (χ4n) is 0.477. The van der Waals surface area contributed by atoms with Gasteiger partial charge in [-0.3, -0.25) is 0 Å². The molecule has 0 heterocycles. The van der Waals surface area contributed by atoms with Crippen molar-refractivity contribution in [2.24, 2.45) is 0 Å². The van der Waals surface area contributed by atoms with E-state index in [1.54, 1.807) is 6.92 Å². The first kappa shape index (κ1) is 7.34. The van der Waals surface area contributed by atoms with Crippen LogP contribution < -0.4 is 10.2 Å². The molecule has 8 heavy (non-hydrogen) atoms. The maximum atomic E-state index is 9.94. The second-order valence-electron chi connectivity index (χ2n) is 1.82. The lowest BCUT2D eigenvalue weighted by molar-refractivity contribution is -0.515. The number of rotatable bonds is 2. The van der Waals surface area contributed by atoms with Gasteiger partial charge in [0.1, 0.15) is 0 Å². The topological polar surface area (TPSA) is 46.1 Å². The van der Waals surface area contributed by atoms with Gasteiger partial charge in [0, 0.05) is 0 Å². The SMILES string of the molecule is CCCC(C)=C([O-])[O-]. The minimum absolute atomic E-state index is 0.438. The van der Waals surface area contributed by atoms with Gasteiger partial charge in [0.05, 0.1) is 0 Å². The van der Waals surface area contributed by atoms with Gasteiger partial charge in [-0.2, -0.15) is 0 Å². The molecule has 0 aliphatic carbocycles. The van der Waals surface area contributed by atoms with Gasteiger partial charge in [-0.1, -0.05) is 18.9 Å². The van der Waals surface area contributed by atoms with Crippen molar-refractivity contribution in [1.82, 2.24) is 0 Å². The van der Waals surface area contributed by atoms with Crippen molar-refractivity contribution in [3.05, 3.63) is 11.5 Å². The summed E-state index contributed by atoms with van der Waals surface area (Å²) in [5.41, 5.74) is 0.438. The molecular formula is C6H10O2-2. The Hall–Kier alpha value is -0.660. The molecule has 0 amide bonds. The van der Waals surface area contributed by atoms with Crippen LogP contribution in [0.25, 0.3) is 0 Å². The van der Waals surface area contributed by atoms with Gasteiger partial charge in [-0.05, 0) is 13.3 Å². The number of allylic oxidation sites excluding steroid dienone is 1. The highest BCUT2D eigenvalue weighted by molar-refractivity contribution is 4.94. The van der Waals surface area contributed by atoms with Crippen LogP contribution in [0.4, 0.5) is 0 Å². The van der Waals surface area contributed by atoms with Crippen molar-refractivity contribution in [3.63, 3.8) is 0 Å². The normalized spacial score (nSPS) is 8.75. The summed E-state index contributed by atoms with van der Waals surface area (Å²) in [7, 11) is 0. The van der Waals surface area contributed by atoms with Gasteiger partial charge < -0.3 is 10.2 Å². The zero-order valence-electron chi connectivity index (χ0n) is 5.23. The monoisotopic (exact) mass is 114 g/mol. The molecule has 0 unspecified atom stereocenters. The van der Waals surface area contributed by atoms with Gasteiger partial charge >= 0.3 is 0 Å². The molecule has 0 aromatic carbocycles. The Bertz CT molecular complexity index is 90.7. The fourth-order valence-corrected chi connectivity index (χ4v) is 0.477. The van der Waals surface area contributed by atoms with Crippen LogP contribution in [0.5, 0.6) is 0 Å². The minimum Gasteiger partial charge on any atom is -0.884 e. The highest BCUT2D eigenvalue weighted by atomic mass is 16.5. The Morgan fingerprint density at radius 1 is 1.38 bits per heavy atom. The van der Waals surface area contributed by atoms with E-state index >= 15 is 0 Å². The zero-order valence-corrected chi connectivity index (χ0v) is 5.23. The molecule has 0 atom stereocenters. The Labute approximate surface area is 49.5 Å². The van der Waals surface area contributed by atoms with Crippen molar-refractivity contribution < 1.29 is 10.2 Å². The molecule has 0 radical (unpaired) electrons. The van der Waals surface area contributed by atoms with E-state index in [4.69, 9.17) is 0 Å². The molecule has 2 nitrogen and oxygen atoms in total. The highest BCUT2D eigenvalue weighted by Crippen LogP contribution is 2.01. The predicted octanol–water partition coefficient (Wildman–Crippen LogP) is -0.261. The molecule has 0 aromatic rings. The van der Waals surface area contributed by atoms with Crippen LogP contribution in [0, 0.1) is 0 Å². The maximum absolute atomic E-state index is 9.94. The van der Waals surface area contributed by atoms with E-state index in [0.29, 0.717) is 12.0 Å². The minimum atomic E-state index is -1.02. The van der Waals surface area contributed by atoms with Crippen LogP contribution in [-0.4, -0.2) is 0 Å². The second-order valence-corrected chi connectivity index (χ2v) is 1.82. The standard InChI is InChI=1S/C6H12O2/c1-3-4-5(2)6(7)8/h7-8H,3-4H2,1-2H3/p-2. The lowest BCUT2D eigenvalue weighted by atomic mass is 10.2. The summed E-state index contributed by atoms with van der Waals surface area (Å²) in [6.45, 7) is 3.52. The molecule has 48 valence electrons. The summed E-state index contributed by atoms with van der Waals surface area (Å²) in [5.74, 6) is -1.02. The van der Waals surface area contributed by atoms with E-state index in [0.717, 1.165) is 6.42 Å². The zero-order chi connectivity index (χ0) is 6.57. The maximum Gasteiger partial charge on any atom is -0.0340 e. The first-order valence-corrected chi connectivity index (χ1v) is 2.72. The van der Waals surface area contributed by atoms with E-state index in [-0.39, 0.29) is 0 Å². The molecule has 0 bridgehead atoms. The van der Waals surface area contributed by atoms with Gasteiger partial charge in [0.2, 0.25) is 0 Å². The van der Waals surface area contributed by atoms with Gasteiger partial charge in [0.15, 0.2) is 0 Å². The summed E-state index contributed by atoms with van der Waals surface area (Å²) < 4.78 is 0.